The van der Waals surface area contributed by atoms with Crippen molar-refractivity contribution in [2.75, 3.05) is 18.5 Å². The minimum absolute atomic E-state index is 0.147. The highest BCUT2D eigenvalue weighted by atomic mass is 16.5. The van der Waals surface area contributed by atoms with E-state index in [0.717, 1.165) is 24.2 Å². The number of imide groups is 1. The second kappa shape index (κ2) is 7.62. The zero-order valence-electron chi connectivity index (χ0n) is 17.5. The summed E-state index contributed by atoms with van der Waals surface area (Å²) in [7, 11) is 0. The van der Waals surface area contributed by atoms with E-state index in [4.69, 9.17) is 4.74 Å². The molecule has 1 heterocycles. The summed E-state index contributed by atoms with van der Waals surface area (Å²) in [5.41, 5.74) is 0.902. The molecule has 0 aromatic heterocycles. The van der Waals surface area contributed by atoms with Crippen LogP contribution >= 0.6 is 0 Å². The summed E-state index contributed by atoms with van der Waals surface area (Å²) in [6.07, 6.45) is 7.10. The van der Waals surface area contributed by atoms with Crippen molar-refractivity contribution in [2.45, 2.75) is 26.2 Å². The third kappa shape index (κ3) is 3.36. The molecule has 1 aromatic carbocycles. The number of allylic oxidation sites excluding steroid dienone is 2. The topological polar surface area (TPSA) is 92.8 Å². The van der Waals surface area contributed by atoms with Gasteiger partial charge in [0.2, 0.25) is 17.7 Å². The molecule has 1 saturated heterocycles. The van der Waals surface area contributed by atoms with Crippen LogP contribution in [0, 0.1) is 35.5 Å². The van der Waals surface area contributed by atoms with Gasteiger partial charge in [0, 0.05) is 5.69 Å². The highest BCUT2D eigenvalue weighted by molar-refractivity contribution is 6.09. The van der Waals surface area contributed by atoms with Crippen molar-refractivity contribution in [1.82, 2.24) is 4.90 Å². The van der Waals surface area contributed by atoms with Gasteiger partial charge >= 0.3 is 5.97 Å². The molecule has 5 aliphatic rings. The lowest BCUT2D eigenvalue weighted by molar-refractivity contribution is -0.142. The Labute approximate surface area is 180 Å². The van der Waals surface area contributed by atoms with Gasteiger partial charge in [0.1, 0.15) is 6.54 Å². The lowest BCUT2D eigenvalue weighted by Crippen LogP contribution is -2.40. The number of likely N-dealkylation sites (tertiary alicyclic amines) is 1. The number of anilines is 1. The molecule has 1 N–H and O–H groups in total. The third-order valence-corrected chi connectivity index (χ3v) is 7.19. The molecule has 162 valence electrons. The number of hydrogen-bond acceptors (Lipinski definition) is 5. The molecule has 1 aliphatic heterocycles. The van der Waals surface area contributed by atoms with E-state index in [2.05, 4.69) is 17.5 Å². The van der Waals surface area contributed by atoms with Crippen molar-refractivity contribution >= 4 is 29.4 Å². The van der Waals surface area contributed by atoms with Crippen molar-refractivity contribution in [3.8, 4) is 0 Å². The molecule has 4 aliphatic carbocycles. The predicted octanol–water partition coefficient (Wildman–Crippen LogP) is 2.64. The Morgan fingerprint density at radius 3 is 2.23 bits per heavy atom. The fraction of sp³-hybridized carbons (Fsp3) is 0.500. The van der Waals surface area contributed by atoms with Crippen LogP contribution < -0.4 is 5.32 Å². The second-order valence-electron chi connectivity index (χ2n) is 9.03. The Morgan fingerprint density at radius 2 is 1.65 bits per heavy atom. The van der Waals surface area contributed by atoms with Crippen LogP contribution in [0.3, 0.4) is 0 Å². The average molecular weight is 422 g/mol. The van der Waals surface area contributed by atoms with Gasteiger partial charge in [0.25, 0.3) is 0 Å². The van der Waals surface area contributed by atoms with E-state index in [9.17, 15) is 19.2 Å². The first-order chi connectivity index (χ1) is 15.0. The Balaban J connectivity index is 1.19. The molecular formula is C24H26N2O5. The maximum Gasteiger partial charge on any atom is 0.338 e. The van der Waals surface area contributed by atoms with Crippen LogP contribution in [-0.2, 0) is 19.1 Å². The van der Waals surface area contributed by atoms with Gasteiger partial charge < -0.3 is 10.1 Å². The summed E-state index contributed by atoms with van der Waals surface area (Å²) in [5, 5.41) is 2.71. The molecule has 6 rings (SSSR count). The Hall–Kier alpha value is -2.96. The van der Waals surface area contributed by atoms with Crippen LogP contribution in [0.2, 0.25) is 0 Å². The van der Waals surface area contributed by atoms with Crippen molar-refractivity contribution in [2.24, 2.45) is 35.5 Å². The fourth-order valence-corrected chi connectivity index (χ4v) is 5.60. The molecule has 7 heteroatoms. The zero-order valence-corrected chi connectivity index (χ0v) is 17.5. The smallest absolute Gasteiger partial charge is 0.338 e. The highest BCUT2D eigenvalue weighted by Gasteiger charge is 2.67. The number of carbonyl (C=O) groups excluding carboxylic acids is 4. The Kier molecular flexibility index (Phi) is 4.91. The van der Waals surface area contributed by atoms with E-state index in [1.54, 1.807) is 24.3 Å². The number of esters is 1. The molecule has 7 nitrogen and oxygen atoms in total. The quantitative estimate of drug-likeness (QED) is 0.316. The number of nitrogens with zero attached hydrogens (tertiary/aromatic N) is 1. The predicted molar refractivity (Wildman–Crippen MR) is 112 cm³/mol. The summed E-state index contributed by atoms with van der Waals surface area (Å²) in [6.45, 7) is 2.12. The van der Waals surface area contributed by atoms with E-state index in [-0.39, 0.29) is 42.0 Å². The van der Waals surface area contributed by atoms with Crippen LogP contribution in [0.15, 0.2) is 36.4 Å². The molecule has 0 unspecified atom stereocenters. The van der Waals surface area contributed by atoms with Crippen molar-refractivity contribution in [3.05, 3.63) is 42.0 Å². The third-order valence-electron chi connectivity index (χ3n) is 7.19. The van der Waals surface area contributed by atoms with Crippen LogP contribution in [0.4, 0.5) is 5.69 Å². The summed E-state index contributed by atoms with van der Waals surface area (Å²) in [4.78, 5) is 51.6. The number of nitrogens with one attached hydrogen (secondary N) is 1. The standard InChI is InChI=1S/C24H26N2O5/c1-2-3-10-31-24(30)13-4-6-14(7-5-13)25-19(27)12-26-22(28)20-15-8-9-16(18-11-17(15)18)21(20)23(26)29/h4-9,15-18,20-21H,2-3,10-12H2,1H3,(H,25,27)/t15-,16+,17-,18-,20+,21+/m1/s1. The largest absolute Gasteiger partial charge is 0.462 e. The van der Waals surface area contributed by atoms with Gasteiger partial charge in [-0.3, -0.25) is 19.3 Å². The van der Waals surface area contributed by atoms with Gasteiger partial charge in [-0.15, -0.1) is 0 Å². The normalized spacial score (nSPS) is 32.0. The Bertz CT molecular complexity index is 933. The van der Waals surface area contributed by atoms with Crippen molar-refractivity contribution < 1.29 is 23.9 Å². The van der Waals surface area contributed by atoms with Gasteiger partial charge in [0.05, 0.1) is 24.0 Å². The van der Waals surface area contributed by atoms with Crippen molar-refractivity contribution in [3.63, 3.8) is 0 Å². The van der Waals surface area contributed by atoms with Crippen LogP contribution in [0.1, 0.15) is 36.5 Å². The molecule has 2 saturated carbocycles. The SMILES string of the molecule is CCCCOC(=O)c1ccc(NC(=O)CN2C(=O)[C@H]3[C@@H]4C=C[C@@H]([C@H]5C[C@H]45)[C@@H]3C2=O)cc1. The number of carbonyl (C=O) groups is 4. The molecule has 1 aromatic rings. The van der Waals surface area contributed by atoms with E-state index in [0.29, 0.717) is 29.7 Å². The average Bonchev–Trinajstić information content (AvgIpc) is 3.55. The van der Waals surface area contributed by atoms with Gasteiger partial charge in [-0.25, -0.2) is 4.79 Å². The van der Waals surface area contributed by atoms with E-state index < -0.39 is 11.9 Å². The van der Waals surface area contributed by atoms with E-state index >= 15 is 0 Å². The maximum atomic E-state index is 13.0. The summed E-state index contributed by atoms with van der Waals surface area (Å²) in [5.74, 6) is -0.465. The molecule has 2 bridgehead atoms. The van der Waals surface area contributed by atoms with Crippen LogP contribution in [-0.4, -0.2) is 41.7 Å². The highest BCUT2D eigenvalue weighted by Crippen LogP contribution is 2.65. The molecule has 3 fully saturated rings. The molecule has 0 radical (unpaired) electrons. The molecule has 3 amide bonds. The molecule has 31 heavy (non-hydrogen) atoms. The summed E-state index contributed by atoms with van der Waals surface area (Å²) in [6, 6.07) is 6.39. The van der Waals surface area contributed by atoms with Gasteiger partial charge in [-0.05, 0) is 60.8 Å². The number of amides is 3. The minimum atomic E-state index is -0.427. The van der Waals surface area contributed by atoms with Gasteiger partial charge in [0.15, 0.2) is 0 Å². The molecular weight excluding hydrogens is 396 g/mol. The van der Waals surface area contributed by atoms with Crippen molar-refractivity contribution in [1.29, 1.82) is 0 Å². The first-order valence-electron chi connectivity index (χ1n) is 11.1. The monoisotopic (exact) mass is 422 g/mol. The maximum absolute atomic E-state index is 13.0. The fourth-order valence-electron chi connectivity index (χ4n) is 5.60. The van der Waals surface area contributed by atoms with Gasteiger partial charge in [-0.1, -0.05) is 25.5 Å². The number of ether oxygens (including phenoxy) is 1. The number of hydrogen-bond donors (Lipinski definition) is 1. The second-order valence-corrected chi connectivity index (χ2v) is 9.03. The molecule has 0 spiro atoms. The summed E-state index contributed by atoms with van der Waals surface area (Å²) >= 11 is 0. The number of benzene rings is 1. The first kappa shape index (κ1) is 20.0. The number of rotatable bonds is 7. The lowest BCUT2D eigenvalue weighted by Gasteiger charge is -2.37. The Morgan fingerprint density at radius 1 is 1.03 bits per heavy atom. The number of unbranched alkanes of at least 4 members (excludes halogenated alkanes) is 1. The van der Waals surface area contributed by atoms with Crippen LogP contribution in [0.25, 0.3) is 0 Å². The van der Waals surface area contributed by atoms with Crippen LogP contribution in [0.5, 0.6) is 0 Å². The zero-order chi connectivity index (χ0) is 21.7. The summed E-state index contributed by atoms with van der Waals surface area (Å²) < 4.78 is 5.17. The van der Waals surface area contributed by atoms with E-state index in [1.165, 1.54) is 0 Å². The van der Waals surface area contributed by atoms with E-state index in [1.807, 2.05) is 6.92 Å². The first-order valence-corrected chi connectivity index (χ1v) is 11.1. The lowest BCUT2D eigenvalue weighted by atomic mass is 9.63. The molecule has 6 atom stereocenters. The minimum Gasteiger partial charge on any atom is -0.462 e. The van der Waals surface area contributed by atoms with Gasteiger partial charge in [-0.2, -0.15) is 0 Å².